The van der Waals surface area contributed by atoms with Crippen molar-refractivity contribution < 1.29 is 5.11 Å². The van der Waals surface area contributed by atoms with Gasteiger partial charge in [0.15, 0.2) is 0 Å². The van der Waals surface area contributed by atoms with Crippen LogP contribution >= 0.6 is 0 Å². The molecule has 1 aliphatic carbocycles. The van der Waals surface area contributed by atoms with Gasteiger partial charge in [0, 0.05) is 30.3 Å². The number of nitrogens with one attached hydrogen (secondary N) is 1. The number of aliphatic hydroxyl groups excluding tert-OH is 1. The van der Waals surface area contributed by atoms with Crippen LogP contribution in [0.5, 0.6) is 0 Å². The molecule has 2 N–H and O–H groups in total. The van der Waals surface area contributed by atoms with Crippen LogP contribution in [0.15, 0.2) is 12.4 Å². The number of aryl methyl sites for hydroxylation is 1. The van der Waals surface area contributed by atoms with Gasteiger partial charge in [0.05, 0.1) is 0 Å². The van der Waals surface area contributed by atoms with Crippen LogP contribution < -0.4 is 5.32 Å². The second-order valence-corrected chi connectivity index (χ2v) is 4.88. The summed E-state index contributed by atoms with van der Waals surface area (Å²) < 4.78 is 1.71. The lowest BCUT2D eigenvalue weighted by Gasteiger charge is -2.20. The van der Waals surface area contributed by atoms with E-state index in [-0.39, 0.29) is 6.61 Å². The summed E-state index contributed by atoms with van der Waals surface area (Å²) >= 11 is 0. The third-order valence-corrected chi connectivity index (χ3v) is 3.61. The molecule has 2 aromatic rings. The van der Waals surface area contributed by atoms with Crippen LogP contribution in [0.1, 0.15) is 25.0 Å². The first-order chi connectivity index (χ1) is 8.78. The smallest absolute Gasteiger partial charge is 0.254 e. The number of hydrogen-bond acceptors (Lipinski definition) is 5. The molecule has 2 aromatic heterocycles. The summed E-state index contributed by atoms with van der Waals surface area (Å²) in [6, 6.07) is 2.28. The van der Waals surface area contributed by atoms with Crippen LogP contribution in [-0.2, 0) is 0 Å². The molecular weight excluding hydrogens is 230 g/mol. The van der Waals surface area contributed by atoms with Gasteiger partial charge in [0.2, 0.25) is 0 Å². The van der Waals surface area contributed by atoms with Crippen LogP contribution in [0.2, 0.25) is 0 Å². The van der Waals surface area contributed by atoms with Crippen molar-refractivity contribution in [3.63, 3.8) is 0 Å². The summed E-state index contributed by atoms with van der Waals surface area (Å²) in [6.45, 7) is 2.18. The highest BCUT2D eigenvalue weighted by molar-refractivity contribution is 5.45. The number of anilines is 1. The van der Waals surface area contributed by atoms with Gasteiger partial charge in [-0.05, 0) is 19.8 Å². The minimum atomic E-state index is 0.238. The predicted octanol–water partition coefficient (Wildman–Crippen LogP) is 1.01. The average molecular weight is 247 g/mol. The Labute approximate surface area is 105 Å². The van der Waals surface area contributed by atoms with Crippen molar-refractivity contribution in [1.82, 2.24) is 19.6 Å². The third-order valence-electron chi connectivity index (χ3n) is 3.61. The normalized spacial score (nSPS) is 23.7. The topological polar surface area (TPSA) is 75.3 Å². The largest absolute Gasteiger partial charge is 0.396 e. The third kappa shape index (κ3) is 1.92. The predicted molar refractivity (Wildman–Crippen MR) is 67.4 cm³/mol. The average Bonchev–Trinajstić information content (AvgIpc) is 2.96. The van der Waals surface area contributed by atoms with Gasteiger partial charge in [-0.2, -0.15) is 14.6 Å². The molecule has 6 nitrogen and oxygen atoms in total. The minimum absolute atomic E-state index is 0.238. The molecule has 2 atom stereocenters. The fraction of sp³-hybridized carbons (Fsp3) is 0.583. The fourth-order valence-electron chi connectivity index (χ4n) is 2.67. The second-order valence-electron chi connectivity index (χ2n) is 4.88. The Hall–Kier alpha value is -1.69. The van der Waals surface area contributed by atoms with E-state index < -0.39 is 0 Å². The van der Waals surface area contributed by atoms with Crippen LogP contribution in [0, 0.1) is 12.8 Å². The Morgan fingerprint density at radius 1 is 1.50 bits per heavy atom. The van der Waals surface area contributed by atoms with Crippen molar-refractivity contribution in [2.45, 2.75) is 32.2 Å². The molecule has 1 fully saturated rings. The van der Waals surface area contributed by atoms with Gasteiger partial charge in [-0.15, -0.1) is 0 Å². The van der Waals surface area contributed by atoms with Crippen molar-refractivity contribution >= 4 is 11.6 Å². The van der Waals surface area contributed by atoms with Gasteiger partial charge >= 0.3 is 0 Å². The molecule has 2 heterocycles. The van der Waals surface area contributed by atoms with Gasteiger partial charge in [-0.1, -0.05) is 6.42 Å². The molecule has 2 unspecified atom stereocenters. The fourth-order valence-corrected chi connectivity index (χ4v) is 2.67. The summed E-state index contributed by atoms with van der Waals surface area (Å²) in [4.78, 5) is 8.42. The molecule has 3 rings (SSSR count). The van der Waals surface area contributed by atoms with Crippen LogP contribution in [0.25, 0.3) is 5.78 Å². The van der Waals surface area contributed by atoms with E-state index in [0.717, 1.165) is 30.8 Å². The van der Waals surface area contributed by atoms with E-state index >= 15 is 0 Å². The van der Waals surface area contributed by atoms with E-state index in [0.29, 0.717) is 17.7 Å². The number of aliphatic hydroxyl groups is 1. The summed E-state index contributed by atoms with van der Waals surface area (Å²) in [5.41, 5.74) is 0.913. The summed E-state index contributed by atoms with van der Waals surface area (Å²) in [7, 11) is 0. The summed E-state index contributed by atoms with van der Waals surface area (Å²) in [5.74, 6) is 1.84. The van der Waals surface area contributed by atoms with Crippen LogP contribution in [-0.4, -0.2) is 37.3 Å². The molecule has 0 bridgehead atoms. The molecule has 1 saturated carbocycles. The highest BCUT2D eigenvalue weighted by atomic mass is 16.3. The van der Waals surface area contributed by atoms with Crippen LogP contribution in [0.4, 0.5) is 5.82 Å². The Balaban J connectivity index is 1.92. The minimum Gasteiger partial charge on any atom is -0.396 e. The van der Waals surface area contributed by atoms with Gasteiger partial charge in [-0.3, -0.25) is 0 Å². The Bertz CT molecular complexity index is 552. The van der Waals surface area contributed by atoms with E-state index in [1.807, 2.05) is 13.0 Å². The van der Waals surface area contributed by atoms with Crippen molar-refractivity contribution in [1.29, 1.82) is 0 Å². The number of hydrogen-bond donors (Lipinski definition) is 2. The van der Waals surface area contributed by atoms with E-state index in [9.17, 15) is 5.11 Å². The van der Waals surface area contributed by atoms with Crippen LogP contribution in [0.3, 0.4) is 0 Å². The van der Waals surface area contributed by atoms with E-state index in [1.54, 1.807) is 4.52 Å². The standard InChI is InChI=1S/C12H17N5O/c1-8-5-11(17-12(15-8)13-7-14-17)16-10-4-2-3-9(10)6-18/h5,7,9-10,16,18H,2-4,6H2,1H3. The first-order valence-corrected chi connectivity index (χ1v) is 6.32. The van der Waals surface area contributed by atoms with Crippen molar-refractivity contribution in [3.8, 4) is 0 Å². The lowest BCUT2D eigenvalue weighted by atomic mass is 10.1. The Morgan fingerprint density at radius 3 is 3.22 bits per heavy atom. The number of fused-ring (bicyclic) bond motifs is 1. The molecule has 0 radical (unpaired) electrons. The number of nitrogens with zero attached hydrogens (tertiary/aromatic N) is 4. The summed E-state index contributed by atoms with van der Waals surface area (Å²) in [6.07, 6.45) is 4.83. The first kappa shape index (κ1) is 11.4. The molecule has 0 aromatic carbocycles. The van der Waals surface area contributed by atoms with Gasteiger partial charge in [0.1, 0.15) is 12.1 Å². The molecule has 0 saturated heterocycles. The van der Waals surface area contributed by atoms with E-state index in [1.165, 1.54) is 6.33 Å². The molecule has 96 valence electrons. The molecular formula is C12H17N5O. The highest BCUT2D eigenvalue weighted by Gasteiger charge is 2.27. The highest BCUT2D eigenvalue weighted by Crippen LogP contribution is 2.28. The molecule has 6 heteroatoms. The zero-order chi connectivity index (χ0) is 12.5. The molecule has 0 aliphatic heterocycles. The molecule has 0 spiro atoms. The lowest BCUT2D eigenvalue weighted by molar-refractivity contribution is 0.222. The van der Waals surface area contributed by atoms with Crippen molar-refractivity contribution in [3.05, 3.63) is 18.1 Å². The van der Waals surface area contributed by atoms with Gasteiger partial charge in [0.25, 0.3) is 5.78 Å². The van der Waals surface area contributed by atoms with E-state index in [2.05, 4.69) is 20.4 Å². The molecule has 1 aliphatic rings. The van der Waals surface area contributed by atoms with Gasteiger partial charge < -0.3 is 10.4 Å². The molecule has 18 heavy (non-hydrogen) atoms. The Kier molecular flexibility index (Phi) is 2.87. The van der Waals surface area contributed by atoms with Gasteiger partial charge in [-0.25, -0.2) is 4.98 Å². The maximum atomic E-state index is 9.36. The number of rotatable bonds is 3. The zero-order valence-electron chi connectivity index (χ0n) is 10.4. The van der Waals surface area contributed by atoms with Crippen molar-refractivity contribution in [2.75, 3.05) is 11.9 Å². The van der Waals surface area contributed by atoms with Crippen molar-refractivity contribution in [2.24, 2.45) is 5.92 Å². The quantitative estimate of drug-likeness (QED) is 0.846. The zero-order valence-corrected chi connectivity index (χ0v) is 10.4. The maximum absolute atomic E-state index is 9.36. The summed E-state index contributed by atoms with van der Waals surface area (Å²) in [5, 5.41) is 17.0. The monoisotopic (exact) mass is 247 g/mol. The first-order valence-electron chi connectivity index (χ1n) is 6.32. The maximum Gasteiger partial charge on any atom is 0.254 e. The van der Waals surface area contributed by atoms with E-state index in [4.69, 9.17) is 0 Å². The number of aromatic nitrogens is 4. The molecule has 0 amide bonds. The Morgan fingerprint density at radius 2 is 2.39 bits per heavy atom. The SMILES string of the molecule is Cc1cc(NC2CCCC2CO)n2ncnc2n1. The second kappa shape index (κ2) is 4.53. The lowest BCUT2D eigenvalue weighted by Crippen LogP contribution is -2.27.